The number of anilines is 1. The van der Waals surface area contributed by atoms with Crippen molar-refractivity contribution >= 4 is 21.7 Å². The van der Waals surface area contributed by atoms with Gasteiger partial charge in [-0.2, -0.15) is 0 Å². The van der Waals surface area contributed by atoms with E-state index >= 15 is 0 Å². The fourth-order valence-electron chi connectivity index (χ4n) is 2.90. The maximum Gasteiger partial charge on any atom is 0.251 e. The Morgan fingerprint density at radius 1 is 1.27 bits per heavy atom. The molecule has 0 radical (unpaired) electrons. The molecule has 146 valence electrons. The second kappa shape index (κ2) is 7.91. The number of carbonyl (C=O) groups excluding carboxylic acids is 1. The molecule has 1 amide bonds. The van der Waals surface area contributed by atoms with E-state index in [1.807, 2.05) is 18.7 Å². The summed E-state index contributed by atoms with van der Waals surface area (Å²) in [5.74, 6) is 0.157. The third-order valence-corrected chi connectivity index (χ3v) is 5.92. The Labute approximate surface area is 154 Å². The summed E-state index contributed by atoms with van der Waals surface area (Å²) in [5, 5.41) is 10.6. The molecule has 1 aromatic heterocycles. The molecule has 2 fully saturated rings. The first-order valence-corrected chi connectivity index (χ1v) is 10.8. The van der Waals surface area contributed by atoms with Crippen LogP contribution in [0.2, 0.25) is 0 Å². The topological polar surface area (TPSA) is 106 Å². The number of ether oxygens (including phenoxy) is 1. The van der Waals surface area contributed by atoms with Gasteiger partial charge < -0.3 is 15.0 Å². The van der Waals surface area contributed by atoms with Crippen LogP contribution in [-0.4, -0.2) is 67.7 Å². The third-order valence-electron chi connectivity index (χ3n) is 4.42. The molecule has 2 heterocycles. The van der Waals surface area contributed by atoms with Crippen LogP contribution in [-0.2, 0) is 25.9 Å². The molecule has 1 aliphatic heterocycles. The first-order valence-electron chi connectivity index (χ1n) is 9.12. The van der Waals surface area contributed by atoms with Crippen LogP contribution >= 0.6 is 0 Å². The van der Waals surface area contributed by atoms with E-state index in [4.69, 9.17) is 4.74 Å². The summed E-state index contributed by atoms with van der Waals surface area (Å²) in [4.78, 5) is 14.0. The Bertz CT molecular complexity index is 736. The number of carbonyl (C=O) groups is 1. The fourth-order valence-corrected chi connectivity index (χ4v) is 4.14. The van der Waals surface area contributed by atoms with Crippen molar-refractivity contribution in [3.05, 3.63) is 0 Å². The van der Waals surface area contributed by atoms with Crippen LogP contribution in [0.25, 0.3) is 0 Å². The summed E-state index contributed by atoms with van der Waals surface area (Å²) in [6.45, 7) is 7.43. The molecule has 1 aliphatic carbocycles. The van der Waals surface area contributed by atoms with E-state index in [2.05, 4.69) is 15.5 Å². The Morgan fingerprint density at radius 2 is 1.96 bits per heavy atom. The number of nitrogens with one attached hydrogen (secondary N) is 1. The molecule has 0 atom stereocenters. The number of hydrogen-bond donors (Lipinski definition) is 1. The zero-order valence-corrected chi connectivity index (χ0v) is 16.2. The third kappa shape index (κ3) is 4.73. The molecule has 10 heteroatoms. The average molecular weight is 385 g/mol. The van der Waals surface area contributed by atoms with Crippen molar-refractivity contribution in [1.82, 2.24) is 20.1 Å². The summed E-state index contributed by atoms with van der Waals surface area (Å²) in [5.41, 5.74) is 0. The highest BCUT2D eigenvalue weighted by Crippen LogP contribution is 2.27. The quantitative estimate of drug-likeness (QED) is 0.675. The highest BCUT2D eigenvalue weighted by atomic mass is 32.2. The predicted octanol–water partition coefficient (Wildman–Crippen LogP) is 0.0706. The summed E-state index contributed by atoms with van der Waals surface area (Å²) < 4.78 is 32.5. The zero-order chi connectivity index (χ0) is 18.7. The lowest BCUT2D eigenvalue weighted by atomic mass is 10.2. The SMILES string of the molecule is CC(C)Cn1c(N2CCOCC2)nnc1S(=O)(=O)CC(=O)NCC1CC1. The van der Waals surface area contributed by atoms with E-state index in [0.29, 0.717) is 51.3 Å². The van der Waals surface area contributed by atoms with Gasteiger partial charge in [0.15, 0.2) is 0 Å². The lowest BCUT2D eigenvalue weighted by molar-refractivity contribution is -0.118. The van der Waals surface area contributed by atoms with Gasteiger partial charge in [0.1, 0.15) is 5.75 Å². The van der Waals surface area contributed by atoms with Gasteiger partial charge >= 0.3 is 0 Å². The molecule has 1 saturated carbocycles. The molecule has 0 unspecified atom stereocenters. The van der Waals surface area contributed by atoms with Crippen LogP contribution < -0.4 is 10.2 Å². The molecule has 9 nitrogen and oxygen atoms in total. The minimum atomic E-state index is -3.86. The predicted molar refractivity (Wildman–Crippen MR) is 95.7 cm³/mol. The van der Waals surface area contributed by atoms with Gasteiger partial charge in [0.2, 0.25) is 21.7 Å². The van der Waals surface area contributed by atoms with Gasteiger partial charge in [-0.25, -0.2) is 8.42 Å². The molecule has 1 N–H and O–H groups in total. The van der Waals surface area contributed by atoms with E-state index in [1.165, 1.54) is 0 Å². The number of amides is 1. The minimum Gasteiger partial charge on any atom is -0.378 e. The molecular formula is C16H27N5O4S. The Hall–Kier alpha value is -1.68. The molecule has 26 heavy (non-hydrogen) atoms. The maximum atomic E-state index is 12.8. The van der Waals surface area contributed by atoms with Crippen molar-refractivity contribution in [2.45, 2.75) is 38.4 Å². The van der Waals surface area contributed by atoms with E-state index < -0.39 is 21.5 Å². The molecule has 0 bridgehead atoms. The lowest BCUT2D eigenvalue weighted by Crippen LogP contribution is -2.38. The van der Waals surface area contributed by atoms with Gasteiger partial charge in [0, 0.05) is 26.2 Å². The van der Waals surface area contributed by atoms with Crippen molar-refractivity contribution in [3.63, 3.8) is 0 Å². The van der Waals surface area contributed by atoms with Crippen molar-refractivity contribution in [3.8, 4) is 0 Å². The van der Waals surface area contributed by atoms with E-state index in [0.717, 1.165) is 12.8 Å². The fraction of sp³-hybridized carbons (Fsp3) is 0.812. The lowest BCUT2D eigenvalue weighted by Gasteiger charge is -2.28. The van der Waals surface area contributed by atoms with Crippen molar-refractivity contribution in [2.75, 3.05) is 43.5 Å². The van der Waals surface area contributed by atoms with Crippen molar-refractivity contribution in [2.24, 2.45) is 11.8 Å². The number of aromatic nitrogens is 3. The number of morpholine rings is 1. The minimum absolute atomic E-state index is 0.130. The summed E-state index contributed by atoms with van der Waals surface area (Å²) in [7, 11) is -3.86. The molecular weight excluding hydrogens is 358 g/mol. The normalized spacial score (nSPS) is 18.3. The highest BCUT2D eigenvalue weighted by Gasteiger charge is 2.30. The van der Waals surface area contributed by atoms with Gasteiger partial charge in [-0.3, -0.25) is 9.36 Å². The average Bonchev–Trinajstić information content (AvgIpc) is 3.32. The Kier molecular flexibility index (Phi) is 5.81. The second-order valence-electron chi connectivity index (χ2n) is 7.39. The second-order valence-corrected chi connectivity index (χ2v) is 9.28. The molecule has 1 saturated heterocycles. The van der Waals surface area contributed by atoms with Crippen LogP contribution in [0, 0.1) is 11.8 Å². The van der Waals surface area contributed by atoms with Gasteiger partial charge in [0.05, 0.1) is 13.2 Å². The number of rotatable bonds is 8. The smallest absolute Gasteiger partial charge is 0.251 e. The Balaban J connectivity index is 1.79. The summed E-state index contributed by atoms with van der Waals surface area (Å²) >= 11 is 0. The van der Waals surface area contributed by atoms with E-state index in [-0.39, 0.29) is 11.1 Å². The van der Waals surface area contributed by atoms with E-state index in [1.54, 1.807) is 4.57 Å². The van der Waals surface area contributed by atoms with Gasteiger partial charge in [0.25, 0.3) is 5.16 Å². The van der Waals surface area contributed by atoms with Gasteiger partial charge in [-0.15, -0.1) is 10.2 Å². The molecule has 1 aromatic rings. The van der Waals surface area contributed by atoms with Gasteiger partial charge in [-0.1, -0.05) is 13.8 Å². The van der Waals surface area contributed by atoms with Crippen molar-refractivity contribution in [1.29, 1.82) is 0 Å². The maximum absolute atomic E-state index is 12.8. The standard InChI is InChI=1S/C16H27N5O4S/c1-12(2)10-21-15(20-5-7-25-8-6-20)18-19-16(21)26(23,24)11-14(22)17-9-13-3-4-13/h12-13H,3-11H2,1-2H3,(H,17,22). The van der Waals surface area contributed by atoms with Crippen LogP contribution in [0.5, 0.6) is 0 Å². The zero-order valence-electron chi connectivity index (χ0n) is 15.3. The number of hydrogen-bond acceptors (Lipinski definition) is 7. The summed E-state index contributed by atoms with van der Waals surface area (Å²) in [6, 6.07) is 0. The first kappa shape index (κ1) is 19.1. The largest absolute Gasteiger partial charge is 0.378 e. The van der Waals surface area contributed by atoms with Crippen molar-refractivity contribution < 1.29 is 17.9 Å². The summed E-state index contributed by atoms with van der Waals surface area (Å²) in [6.07, 6.45) is 2.19. The molecule has 3 rings (SSSR count). The number of sulfone groups is 1. The monoisotopic (exact) mass is 385 g/mol. The van der Waals surface area contributed by atoms with E-state index in [9.17, 15) is 13.2 Å². The van der Waals surface area contributed by atoms with Crippen LogP contribution in [0.4, 0.5) is 5.95 Å². The molecule has 0 aromatic carbocycles. The first-order chi connectivity index (χ1) is 12.4. The molecule has 0 spiro atoms. The Morgan fingerprint density at radius 3 is 2.58 bits per heavy atom. The van der Waals surface area contributed by atoms with Crippen LogP contribution in [0.3, 0.4) is 0 Å². The molecule has 2 aliphatic rings. The number of nitrogens with zero attached hydrogens (tertiary/aromatic N) is 4. The highest BCUT2D eigenvalue weighted by molar-refractivity contribution is 7.92. The van der Waals surface area contributed by atoms with Crippen LogP contribution in [0.15, 0.2) is 5.16 Å². The van der Waals surface area contributed by atoms with Crippen LogP contribution in [0.1, 0.15) is 26.7 Å². The van der Waals surface area contributed by atoms with Gasteiger partial charge in [-0.05, 0) is 24.7 Å².